The lowest BCUT2D eigenvalue weighted by Crippen LogP contribution is -2.73. The van der Waals surface area contributed by atoms with Crippen molar-refractivity contribution in [3.8, 4) is 11.8 Å². The molecule has 0 saturated carbocycles. The third kappa shape index (κ3) is 3.67. The van der Waals surface area contributed by atoms with Crippen molar-refractivity contribution in [1.29, 1.82) is 5.26 Å². The maximum absolute atomic E-state index is 13.7. The summed E-state index contributed by atoms with van der Waals surface area (Å²) in [5.74, 6) is 1.86. The number of sulfone groups is 1. The lowest BCUT2D eigenvalue weighted by atomic mass is 9.73. The fourth-order valence-electron chi connectivity index (χ4n) is 5.94. The molecule has 4 aliphatic rings. The van der Waals surface area contributed by atoms with Crippen LogP contribution in [0.5, 0.6) is 0 Å². The van der Waals surface area contributed by atoms with Crippen molar-refractivity contribution >= 4 is 33.2 Å². The Bertz CT molecular complexity index is 1580. The number of fused-ring (bicyclic) bond motifs is 3. The molecule has 3 saturated heterocycles. The molecular formula is C24H22ClFN8O2S. The molecule has 3 aromatic rings. The fourth-order valence-corrected chi connectivity index (χ4v) is 7.63. The van der Waals surface area contributed by atoms with E-state index in [2.05, 4.69) is 34.4 Å². The minimum atomic E-state index is -2.96. The van der Waals surface area contributed by atoms with Crippen LogP contribution in [0.1, 0.15) is 17.1 Å². The second-order valence-electron chi connectivity index (χ2n) is 10.5. The second-order valence-corrected chi connectivity index (χ2v) is 13.1. The zero-order chi connectivity index (χ0) is 25.5. The molecule has 1 aromatic carbocycles. The van der Waals surface area contributed by atoms with Gasteiger partial charge in [-0.05, 0) is 35.9 Å². The minimum absolute atomic E-state index is 0.0432. The van der Waals surface area contributed by atoms with Crippen LogP contribution >= 0.6 is 11.6 Å². The summed E-state index contributed by atoms with van der Waals surface area (Å²) in [5.41, 5.74) is 1.86. The molecule has 0 unspecified atom stereocenters. The highest BCUT2D eigenvalue weighted by Crippen LogP contribution is 2.44. The Labute approximate surface area is 217 Å². The van der Waals surface area contributed by atoms with E-state index in [-0.39, 0.29) is 28.7 Å². The van der Waals surface area contributed by atoms with Crippen LogP contribution in [0.4, 0.5) is 16.2 Å². The summed E-state index contributed by atoms with van der Waals surface area (Å²) in [6, 6.07) is 10.4. The number of rotatable bonds is 3. The normalized spacial score (nSPS) is 21.8. The van der Waals surface area contributed by atoms with Crippen molar-refractivity contribution in [3.63, 3.8) is 0 Å². The van der Waals surface area contributed by atoms with Crippen LogP contribution in [0.2, 0.25) is 5.02 Å². The van der Waals surface area contributed by atoms with Gasteiger partial charge in [0.2, 0.25) is 5.95 Å². The van der Waals surface area contributed by atoms with Crippen molar-refractivity contribution in [2.45, 2.75) is 19.1 Å². The Morgan fingerprint density at radius 1 is 1.05 bits per heavy atom. The molecule has 0 bridgehead atoms. The zero-order valence-corrected chi connectivity index (χ0v) is 21.3. The van der Waals surface area contributed by atoms with E-state index in [4.69, 9.17) is 16.9 Å². The Hall–Kier alpha value is -3.27. The molecule has 2 aromatic heterocycles. The SMILES string of the molecule is N#Cc1nc(N2CC3(C2)CN(c2nnc4n2-c2ccc(Cl)cc2CN(C2CS(=O)(=O)C2)C4)C3)ccc1F. The summed E-state index contributed by atoms with van der Waals surface area (Å²) in [4.78, 5) is 10.6. The third-order valence-electron chi connectivity index (χ3n) is 7.77. The third-order valence-corrected chi connectivity index (χ3v) is 9.79. The van der Waals surface area contributed by atoms with E-state index < -0.39 is 15.7 Å². The van der Waals surface area contributed by atoms with E-state index in [1.165, 1.54) is 6.07 Å². The Kier molecular flexibility index (Phi) is 4.87. The number of pyridine rings is 1. The first-order chi connectivity index (χ1) is 17.7. The molecule has 3 fully saturated rings. The van der Waals surface area contributed by atoms with Crippen molar-refractivity contribution < 1.29 is 12.8 Å². The molecule has 7 rings (SSSR count). The van der Waals surface area contributed by atoms with E-state index in [0.717, 1.165) is 49.2 Å². The van der Waals surface area contributed by atoms with Crippen LogP contribution in [0.3, 0.4) is 0 Å². The van der Waals surface area contributed by atoms with Crippen molar-refractivity contribution in [2.24, 2.45) is 5.41 Å². The maximum Gasteiger partial charge on any atom is 0.231 e. The van der Waals surface area contributed by atoms with E-state index in [1.807, 2.05) is 18.2 Å². The first-order valence-electron chi connectivity index (χ1n) is 12.0. The summed E-state index contributed by atoms with van der Waals surface area (Å²) in [6.45, 7) is 4.22. The largest absolute Gasteiger partial charge is 0.355 e. The van der Waals surface area contributed by atoms with Crippen molar-refractivity contribution in [1.82, 2.24) is 24.6 Å². The van der Waals surface area contributed by atoms with E-state index >= 15 is 0 Å². The molecule has 0 atom stereocenters. The molecule has 0 N–H and O–H groups in total. The van der Waals surface area contributed by atoms with Gasteiger partial charge in [0.25, 0.3) is 0 Å². The van der Waals surface area contributed by atoms with E-state index in [9.17, 15) is 12.8 Å². The van der Waals surface area contributed by atoms with Gasteiger partial charge >= 0.3 is 0 Å². The highest BCUT2D eigenvalue weighted by Gasteiger charge is 2.53. The predicted octanol–water partition coefficient (Wildman–Crippen LogP) is 1.77. The predicted molar refractivity (Wildman–Crippen MR) is 134 cm³/mol. The lowest BCUT2D eigenvalue weighted by molar-refractivity contribution is 0.153. The van der Waals surface area contributed by atoms with Crippen LogP contribution in [-0.2, 0) is 22.9 Å². The van der Waals surface area contributed by atoms with Gasteiger partial charge in [-0.25, -0.2) is 17.8 Å². The summed E-state index contributed by atoms with van der Waals surface area (Å²) < 4.78 is 39.4. The fraction of sp³-hybridized carbons (Fsp3) is 0.417. The number of nitriles is 1. The number of aromatic nitrogens is 4. The number of hydrogen-bond acceptors (Lipinski definition) is 9. The molecule has 190 valence electrons. The standard InChI is InChI=1S/C24H22ClFN8O2S/c25-16-1-3-20-15(5-16)7-31(17-9-37(35,36)10-17)8-22-29-30-23(34(20)22)33-13-24(14-33)11-32(12-24)21-4-2-18(26)19(6-27)28-21/h1-5,17H,7-14H2. The molecule has 4 aliphatic heterocycles. The van der Waals surface area contributed by atoms with Crippen LogP contribution in [0, 0.1) is 22.6 Å². The monoisotopic (exact) mass is 540 g/mol. The van der Waals surface area contributed by atoms with Crippen LogP contribution in [0.15, 0.2) is 30.3 Å². The van der Waals surface area contributed by atoms with Gasteiger partial charge in [-0.3, -0.25) is 9.47 Å². The van der Waals surface area contributed by atoms with Gasteiger partial charge in [-0.15, -0.1) is 10.2 Å². The van der Waals surface area contributed by atoms with E-state index in [0.29, 0.717) is 23.9 Å². The number of halogens is 2. The number of hydrogen-bond donors (Lipinski definition) is 0. The molecule has 0 amide bonds. The average molecular weight is 541 g/mol. The molecular weight excluding hydrogens is 519 g/mol. The van der Waals surface area contributed by atoms with Gasteiger partial charge in [0.1, 0.15) is 11.9 Å². The summed E-state index contributed by atoms with van der Waals surface area (Å²) in [7, 11) is -2.96. The van der Waals surface area contributed by atoms with Crippen molar-refractivity contribution in [2.75, 3.05) is 47.5 Å². The molecule has 6 heterocycles. The average Bonchev–Trinajstić information content (AvgIpc) is 3.11. The van der Waals surface area contributed by atoms with Crippen LogP contribution < -0.4 is 9.80 Å². The van der Waals surface area contributed by atoms with Crippen molar-refractivity contribution in [3.05, 3.63) is 58.3 Å². The van der Waals surface area contributed by atoms with Crippen LogP contribution in [-0.4, -0.2) is 76.8 Å². The smallest absolute Gasteiger partial charge is 0.231 e. The highest BCUT2D eigenvalue weighted by atomic mass is 35.5. The molecule has 13 heteroatoms. The van der Waals surface area contributed by atoms with Gasteiger partial charge in [0.05, 0.1) is 23.7 Å². The zero-order valence-electron chi connectivity index (χ0n) is 19.7. The Morgan fingerprint density at radius 3 is 2.54 bits per heavy atom. The number of benzene rings is 1. The minimum Gasteiger partial charge on any atom is -0.355 e. The number of anilines is 2. The number of nitrogens with zero attached hydrogens (tertiary/aromatic N) is 8. The Morgan fingerprint density at radius 2 is 1.81 bits per heavy atom. The van der Waals surface area contributed by atoms with Gasteiger partial charge in [-0.1, -0.05) is 11.6 Å². The molecule has 1 spiro atoms. The van der Waals surface area contributed by atoms with Gasteiger partial charge < -0.3 is 9.80 Å². The molecule has 10 nitrogen and oxygen atoms in total. The lowest BCUT2D eigenvalue weighted by Gasteiger charge is -2.60. The summed E-state index contributed by atoms with van der Waals surface area (Å²) >= 11 is 6.33. The maximum atomic E-state index is 13.7. The molecule has 37 heavy (non-hydrogen) atoms. The summed E-state index contributed by atoms with van der Waals surface area (Å²) in [6.07, 6.45) is 0. The quantitative estimate of drug-likeness (QED) is 0.490. The van der Waals surface area contributed by atoms with Crippen LogP contribution in [0.25, 0.3) is 5.69 Å². The van der Waals surface area contributed by atoms with E-state index in [1.54, 1.807) is 12.1 Å². The van der Waals surface area contributed by atoms with Gasteiger partial charge in [-0.2, -0.15) is 5.26 Å². The van der Waals surface area contributed by atoms with Gasteiger partial charge in [0.15, 0.2) is 27.2 Å². The topological polar surface area (TPSA) is 111 Å². The van der Waals surface area contributed by atoms with Gasteiger partial charge in [0, 0.05) is 49.2 Å². The summed E-state index contributed by atoms with van der Waals surface area (Å²) in [5, 5.41) is 18.8. The molecule has 0 aliphatic carbocycles. The molecule has 0 radical (unpaired) electrons. The second kappa shape index (κ2) is 7.86. The highest BCUT2D eigenvalue weighted by molar-refractivity contribution is 7.92. The Balaban J connectivity index is 1.12. The first-order valence-corrected chi connectivity index (χ1v) is 14.2. The first kappa shape index (κ1) is 22.9.